The van der Waals surface area contributed by atoms with Gasteiger partial charge in [-0.05, 0) is 205 Å². The van der Waals surface area contributed by atoms with Crippen LogP contribution in [-0.4, -0.2) is 101 Å². The Bertz CT molecular complexity index is 2480. The van der Waals surface area contributed by atoms with Crippen LogP contribution in [0.3, 0.4) is 0 Å². The second-order valence-corrected chi connectivity index (χ2v) is 32.3. The van der Waals surface area contributed by atoms with Gasteiger partial charge in [-0.25, -0.2) is 4.79 Å². The topological polar surface area (TPSA) is 171 Å². The highest BCUT2D eigenvalue weighted by molar-refractivity contribution is 5.81. The largest absolute Gasteiger partial charge is 0.469 e. The zero-order valence-corrected chi connectivity index (χ0v) is 65.4. The third kappa shape index (κ3) is 34.3. The van der Waals surface area contributed by atoms with E-state index >= 15 is 0 Å². The van der Waals surface area contributed by atoms with Crippen LogP contribution in [0.4, 0.5) is 0 Å². The lowest BCUT2D eigenvalue weighted by molar-refractivity contribution is -0.142. The van der Waals surface area contributed by atoms with Crippen LogP contribution >= 0.6 is 0 Å². The Morgan fingerprint density at radius 2 is 0.747 bits per heavy atom. The van der Waals surface area contributed by atoms with Crippen LogP contribution in [0.2, 0.25) is 0 Å². The van der Waals surface area contributed by atoms with Crippen LogP contribution in [0.5, 0.6) is 0 Å². The summed E-state index contributed by atoms with van der Waals surface area (Å²) < 4.78 is 13.8. The Morgan fingerprint density at radius 3 is 1.00 bits per heavy atom. The van der Waals surface area contributed by atoms with E-state index in [0.717, 1.165) is 75.6 Å². The van der Waals surface area contributed by atoms with E-state index < -0.39 is 5.97 Å². The molecular formula is C87H145N5O7. The standard InChI is InChI=1S/2C19H31NO2.2C15H25N.C9H14O.C6H13N.C4H6O2/c2*1-15-9-11-19(16(2)13-15,12-10-18(21)22-3)14-20-17-7-5-4-6-8-17;2*1-12-8-9-14(13(2)10-12)11-16-15-6-4-3-5-7-15;1-7-3-4-9(6-10)8(2)5-7;7-6-4-2-1-3-5-6;1-3-4(5)6-2/h2*9,14,16-17H,4-8,10-13H2,1-3H3;2*8,11,13-15H,3-7,9-10H2,1-2H3;3,6,8-9H,4-5H2,1-2H3;6H,1-5,7H2;3H,1H2,2H3. The molecule has 0 radical (unpaired) electrons. The molecule has 0 aromatic heterocycles. The minimum atomic E-state index is -0.394. The van der Waals surface area contributed by atoms with Crippen molar-refractivity contribution in [3.8, 4) is 0 Å². The number of aliphatic imine (C=N–C) groups is 4. The molecule has 0 amide bonds. The maximum absolute atomic E-state index is 11.6. The minimum absolute atomic E-state index is 0.0329. The van der Waals surface area contributed by atoms with Crippen molar-refractivity contribution >= 4 is 49.1 Å². The van der Waals surface area contributed by atoms with E-state index in [-0.39, 0.29) is 28.7 Å². The van der Waals surface area contributed by atoms with Gasteiger partial charge in [0.15, 0.2) is 0 Å². The predicted octanol–water partition coefficient (Wildman–Crippen LogP) is 22.0. The lowest BCUT2D eigenvalue weighted by Crippen LogP contribution is -2.34. The van der Waals surface area contributed by atoms with Gasteiger partial charge < -0.3 is 24.7 Å². The molecule has 0 aromatic carbocycles. The quantitative estimate of drug-likeness (QED) is 0.0397. The smallest absolute Gasteiger partial charge is 0.329 e. The number of ether oxygens (including phenoxy) is 3. The number of aldehydes is 1. The SMILES string of the molecule is C=CC(=O)OC.CC1=CCC(C=NC2CCCCC2)C(C)C1.CC1=CCC(C=NC2CCCCC2)C(C)C1.CC1=CCC(C=O)C(C)C1.COC(=O)CCC1(C=NC2CCCCC2)CC=C(C)CC1C.COC(=O)CCC1(C=NC2CCCCC2)CC=C(C)CC1C.NC1CCCCC1. The fourth-order valence-electron chi connectivity index (χ4n) is 16.4. The molecule has 560 valence electrons. The molecule has 0 bridgehead atoms. The summed E-state index contributed by atoms with van der Waals surface area (Å²) in [7, 11) is 4.25. The van der Waals surface area contributed by atoms with E-state index in [1.807, 2.05) is 0 Å². The van der Waals surface area contributed by atoms with Gasteiger partial charge in [0.25, 0.3) is 0 Å². The second-order valence-electron chi connectivity index (χ2n) is 32.3. The van der Waals surface area contributed by atoms with Crippen LogP contribution in [0.25, 0.3) is 0 Å². The van der Waals surface area contributed by atoms with Gasteiger partial charge in [0.1, 0.15) is 6.29 Å². The van der Waals surface area contributed by atoms with Crippen molar-refractivity contribution in [2.45, 2.75) is 350 Å². The average Bonchev–Trinajstić information content (AvgIpc) is 0.813. The molecule has 5 fully saturated rings. The number of hydrogen-bond acceptors (Lipinski definition) is 12. The molecule has 5 saturated carbocycles. The normalized spacial score (nSPS) is 29.7. The average molecular weight is 1370 g/mol. The van der Waals surface area contributed by atoms with Gasteiger partial charge in [0.2, 0.25) is 0 Å². The van der Waals surface area contributed by atoms with Crippen LogP contribution in [-0.2, 0) is 33.4 Å². The molecule has 0 aromatic rings. The molecule has 10 rings (SSSR count). The van der Waals surface area contributed by atoms with Crippen molar-refractivity contribution in [3.05, 3.63) is 70.9 Å². The van der Waals surface area contributed by atoms with Gasteiger partial charge in [0.05, 0.1) is 21.3 Å². The van der Waals surface area contributed by atoms with Crippen molar-refractivity contribution < 1.29 is 33.4 Å². The first kappa shape index (κ1) is 86.6. The van der Waals surface area contributed by atoms with Crippen molar-refractivity contribution in [1.29, 1.82) is 0 Å². The van der Waals surface area contributed by atoms with E-state index in [9.17, 15) is 19.2 Å². The monoisotopic (exact) mass is 1370 g/mol. The van der Waals surface area contributed by atoms with Crippen LogP contribution in [0, 0.1) is 58.2 Å². The molecule has 10 atom stereocenters. The van der Waals surface area contributed by atoms with Crippen molar-refractivity contribution in [2.75, 3.05) is 21.3 Å². The second kappa shape index (κ2) is 48.9. The first-order chi connectivity index (χ1) is 47.6. The summed E-state index contributed by atoms with van der Waals surface area (Å²) in [5, 5.41) is 0. The lowest BCUT2D eigenvalue weighted by Gasteiger charge is -2.39. The van der Waals surface area contributed by atoms with Gasteiger partial charge in [0, 0.05) is 103 Å². The van der Waals surface area contributed by atoms with Gasteiger partial charge in [-0.15, -0.1) is 0 Å². The highest BCUT2D eigenvalue weighted by Gasteiger charge is 2.39. The molecule has 0 aliphatic heterocycles. The van der Waals surface area contributed by atoms with E-state index in [1.54, 1.807) is 11.1 Å². The number of carbonyl (C=O) groups is 4. The van der Waals surface area contributed by atoms with Crippen LogP contribution < -0.4 is 5.73 Å². The molecular weight excluding hydrogens is 1230 g/mol. The van der Waals surface area contributed by atoms with Gasteiger partial charge >= 0.3 is 17.9 Å². The first-order valence-corrected chi connectivity index (χ1v) is 40.0. The Balaban J connectivity index is 0.000000255. The van der Waals surface area contributed by atoms with Gasteiger partial charge in [-0.1, -0.05) is 196 Å². The number of hydrogen-bond donors (Lipinski definition) is 1. The number of carbonyl (C=O) groups excluding carboxylic acids is 4. The van der Waals surface area contributed by atoms with Crippen LogP contribution in [0.1, 0.15) is 320 Å². The highest BCUT2D eigenvalue weighted by atomic mass is 16.5. The summed E-state index contributed by atoms with van der Waals surface area (Å²) >= 11 is 0. The van der Waals surface area contributed by atoms with E-state index in [1.165, 1.54) is 224 Å². The van der Waals surface area contributed by atoms with E-state index in [4.69, 9.17) is 35.2 Å². The summed E-state index contributed by atoms with van der Waals surface area (Å²) in [5.41, 5.74) is 13.2. The van der Waals surface area contributed by atoms with Gasteiger partial charge in [-0.2, -0.15) is 0 Å². The Morgan fingerprint density at radius 1 is 0.444 bits per heavy atom. The first-order valence-electron chi connectivity index (χ1n) is 40.0. The minimum Gasteiger partial charge on any atom is -0.469 e. The summed E-state index contributed by atoms with van der Waals surface area (Å²) in [5.74, 6) is 4.28. The van der Waals surface area contributed by atoms with Crippen molar-refractivity contribution in [3.63, 3.8) is 0 Å². The molecule has 10 unspecified atom stereocenters. The van der Waals surface area contributed by atoms with Crippen molar-refractivity contribution in [2.24, 2.45) is 83.9 Å². The van der Waals surface area contributed by atoms with E-state index in [0.29, 0.717) is 72.6 Å². The van der Waals surface area contributed by atoms with Crippen LogP contribution in [0.15, 0.2) is 90.9 Å². The summed E-state index contributed by atoms with van der Waals surface area (Å²) in [6.07, 6.45) is 70.0. The number of methoxy groups -OCH3 is 3. The zero-order chi connectivity index (χ0) is 72.4. The lowest BCUT2D eigenvalue weighted by atomic mass is 9.66. The molecule has 0 spiro atoms. The maximum atomic E-state index is 11.6. The number of nitrogens with two attached hydrogens (primary N) is 1. The highest BCUT2D eigenvalue weighted by Crippen LogP contribution is 2.45. The van der Waals surface area contributed by atoms with Gasteiger partial charge in [-0.3, -0.25) is 29.6 Å². The van der Waals surface area contributed by atoms with E-state index in [2.05, 4.69) is 136 Å². The number of esters is 3. The molecule has 2 N–H and O–H groups in total. The Hall–Kier alpha value is -4.84. The fourth-order valence-corrected chi connectivity index (χ4v) is 16.4. The molecule has 0 saturated heterocycles. The molecule has 12 nitrogen and oxygen atoms in total. The third-order valence-electron chi connectivity index (χ3n) is 23.8. The Labute approximate surface area is 605 Å². The summed E-state index contributed by atoms with van der Waals surface area (Å²) in [4.78, 5) is 63.0. The molecule has 0 heterocycles. The summed E-state index contributed by atoms with van der Waals surface area (Å²) in [6, 6.07) is 2.83. The maximum Gasteiger partial charge on any atom is 0.329 e. The predicted molar refractivity (Wildman–Crippen MR) is 419 cm³/mol. The number of allylic oxidation sites excluding steroid dienone is 10. The summed E-state index contributed by atoms with van der Waals surface area (Å²) in [6.45, 7) is 25.7. The third-order valence-corrected chi connectivity index (χ3v) is 23.8. The molecule has 10 aliphatic rings. The van der Waals surface area contributed by atoms with Crippen molar-refractivity contribution in [1.82, 2.24) is 0 Å². The Kier molecular flexibility index (Phi) is 42.8. The fraction of sp³-hybridized carbons (Fsp3) is 0.770. The molecule has 10 aliphatic carbocycles. The molecule has 99 heavy (non-hydrogen) atoms. The number of nitrogens with zero attached hydrogens (tertiary/aromatic N) is 4. The zero-order valence-electron chi connectivity index (χ0n) is 65.4. The molecule has 12 heteroatoms. The number of rotatable bonds is 16.